The average Bonchev–Trinajstić information content (AvgIpc) is 2.70. The molecule has 0 saturated carbocycles. The summed E-state index contributed by atoms with van der Waals surface area (Å²) in [4.78, 5) is 2.34. The molecule has 1 atom stereocenters. The molecular weight excluding hydrogens is 373 g/mol. The zero-order valence-corrected chi connectivity index (χ0v) is 16.4. The van der Waals surface area contributed by atoms with Gasteiger partial charge < -0.3 is 25.6 Å². The van der Waals surface area contributed by atoms with E-state index in [-0.39, 0.29) is 19.3 Å². The highest BCUT2D eigenvalue weighted by molar-refractivity contribution is 5.33. The Balaban J connectivity index is 1.86. The van der Waals surface area contributed by atoms with Crippen molar-refractivity contribution in [1.29, 1.82) is 0 Å². The van der Waals surface area contributed by atoms with Crippen LogP contribution in [-0.4, -0.2) is 72.4 Å². The van der Waals surface area contributed by atoms with Crippen LogP contribution in [0.1, 0.15) is 44.9 Å². The van der Waals surface area contributed by atoms with Crippen molar-refractivity contribution >= 4 is 0 Å². The maximum Gasteiger partial charge on any atom is 0.415 e. The van der Waals surface area contributed by atoms with Gasteiger partial charge in [-0.1, -0.05) is 18.1 Å². The largest absolute Gasteiger partial charge is 0.415 e. The third kappa shape index (κ3) is 7.15. The molecule has 0 aromatic carbocycles. The minimum absolute atomic E-state index is 0.167. The van der Waals surface area contributed by atoms with Crippen LogP contribution < -0.4 is 5.73 Å². The molecule has 0 amide bonds. The van der Waals surface area contributed by atoms with E-state index in [2.05, 4.69) is 4.90 Å². The Morgan fingerprint density at radius 1 is 1.14 bits per heavy atom. The number of likely N-dealkylation sites (tertiary alicyclic amines) is 1. The lowest BCUT2D eigenvalue weighted by molar-refractivity contribution is -0.111. The summed E-state index contributed by atoms with van der Waals surface area (Å²) in [6.45, 7) is 2.45. The van der Waals surface area contributed by atoms with Crippen LogP contribution in [0.25, 0.3) is 0 Å². The topological polar surface area (TPSA) is 79.0 Å². The molecule has 4 N–H and O–H groups in total. The number of ether oxygens (including phenoxy) is 1. The van der Waals surface area contributed by atoms with Crippen LogP contribution in [0.3, 0.4) is 0 Å². The molecule has 0 bridgehead atoms. The summed E-state index contributed by atoms with van der Waals surface area (Å²) >= 11 is 0. The Morgan fingerprint density at radius 2 is 1.82 bits per heavy atom. The first-order valence-electron chi connectivity index (χ1n) is 10.1. The SMILES string of the molecule is NC(CO)(CO)CCC1=CCC(OCCCN2CCCCC2)C(C(F)(F)F)=C1. The van der Waals surface area contributed by atoms with E-state index in [0.29, 0.717) is 12.2 Å². The first kappa shape index (κ1) is 23.3. The summed E-state index contributed by atoms with van der Waals surface area (Å²) in [5, 5.41) is 18.5. The molecule has 0 aromatic rings. The third-order valence-corrected chi connectivity index (χ3v) is 5.54. The number of piperidine rings is 1. The predicted octanol–water partition coefficient (Wildman–Crippen LogP) is 2.53. The van der Waals surface area contributed by atoms with E-state index in [9.17, 15) is 23.4 Å². The van der Waals surface area contributed by atoms with E-state index in [4.69, 9.17) is 10.5 Å². The molecule has 28 heavy (non-hydrogen) atoms. The number of alkyl halides is 3. The number of hydrogen-bond acceptors (Lipinski definition) is 5. The normalized spacial score (nSPS) is 22.1. The summed E-state index contributed by atoms with van der Waals surface area (Å²) in [5.41, 5.74) is 4.46. The van der Waals surface area contributed by atoms with Gasteiger partial charge >= 0.3 is 6.18 Å². The van der Waals surface area contributed by atoms with Gasteiger partial charge in [0.15, 0.2) is 0 Å². The van der Waals surface area contributed by atoms with Crippen molar-refractivity contribution in [2.45, 2.75) is 62.8 Å². The van der Waals surface area contributed by atoms with Crippen molar-refractivity contribution in [1.82, 2.24) is 4.90 Å². The summed E-state index contributed by atoms with van der Waals surface area (Å²) in [5.74, 6) is 0. The van der Waals surface area contributed by atoms with Gasteiger partial charge in [0.05, 0.1) is 30.4 Å². The Kier molecular flexibility index (Phi) is 8.95. The highest BCUT2D eigenvalue weighted by Gasteiger charge is 2.40. The minimum Gasteiger partial charge on any atom is -0.394 e. The Hall–Kier alpha value is -0.930. The first-order valence-corrected chi connectivity index (χ1v) is 10.1. The van der Waals surface area contributed by atoms with Crippen LogP contribution in [0.2, 0.25) is 0 Å². The fraction of sp³-hybridized carbons (Fsp3) is 0.800. The zero-order chi connectivity index (χ0) is 20.6. The molecule has 0 aromatic heterocycles. The summed E-state index contributed by atoms with van der Waals surface area (Å²) in [6.07, 6.45) is 2.42. The quantitative estimate of drug-likeness (QED) is 0.486. The van der Waals surface area contributed by atoms with Crippen molar-refractivity contribution in [3.63, 3.8) is 0 Å². The molecule has 2 aliphatic rings. The van der Waals surface area contributed by atoms with Crippen molar-refractivity contribution < 1.29 is 28.1 Å². The van der Waals surface area contributed by atoms with Crippen molar-refractivity contribution in [3.05, 3.63) is 23.3 Å². The lowest BCUT2D eigenvalue weighted by atomic mass is 9.89. The van der Waals surface area contributed by atoms with Gasteiger partial charge in [-0.15, -0.1) is 0 Å². The van der Waals surface area contributed by atoms with E-state index in [0.717, 1.165) is 32.1 Å². The molecule has 5 nitrogen and oxygen atoms in total. The first-order chi connectivity index (χ1) is 13.3. The fourth-order valence-corrected chi connectivity index (χ4v) is 3.63. The number of aliphatic hydroxyl groups excluding tert-OH is 2. The minimum atomic E-state index is -4.45. The maximum atomic E-state index is 13.5. The Bertz CT molecular complexity index is 539. The van der Waals surface area contributed by atoms with Crippen molar-refractivity contribution in [3.8, 4) is 0 Å². The maximum absolute atomic E-state index is 13.5. The molecule has 8 heteroatoms. The molecule has 0 spiro atoms. The van der Waals surface area contributed by atoms with Crippen LogP contribution in [0.15, 0.2) is 23.3 Å². The second kappa shape index (κ2) is 10.7. The number of hydrogen-bond donors (Lipinski definition) is 3. The molecule has 1 aliphatic heterocycles. The molecule has 1 saturated heterocycles. The number of aliphatic hydroxyl groups is 2. The number of nitrogens with two attached hydrogens (primary N) is 1. The number of rotatable bonds is 10. The molecular formula is C20H33F3N2O3. The van der Waals surface area contributed by atoms with E-state index in [1.807, 2.05) is 0 Å². The van der Waals surface area contributed by atoms with Gasteiger partial charge in [0.25, 0.3) is 0 Å². The highest BCUT2D eigenvalue weighted by atomic mass is 19.4. The van der Waals surface area contributed by atoms with Crippen LogP contribution >= 0.6 is 0 Å². The zero-order valence-electron chi connectivity index (χ0n) is 16.4. The summed E-state index contributed by atoms with van der Waals surface area (Å²) in [7, 11) is 0. The van der Waals surface area contributed by atoms with Gasteiger partial charge in [-0.2, -0.15) is 13.2 Å². The fourth-order valence-electron chi connectivity index (χ4n) is 3.63. The smallest absolute Gasteiger partial charge is 0.394 e. The van der Waals surface area contributed by atoms with E-state index in [1.165, 1.54) is 19.3 Å². The Morgan fingerprint density at radius 3 is 2.43 bits per heavy atom. The van der Waals surface area contributed by atoms with Crippen LogP contribution in [0.5, 0.6) is 0 Å². The molecule has 1 aliphatic carbocycles. The van der Waals surface area contributed by atoms with E-state index in [1.54, 1.807) is 6.08 Å². The predicted molar refractivity (Wildman–Crippen MR) is 102 cm³/mol. The molecule has 1 heterocycles. The van der Waals surface area contributed by atoms with Gasteiger partial charge in [0.2, 0.25) is 0 Å². The lowest BCUT2D eigenvalue weighted by Gasteiger charge is -2.29. The van der Waals surface area contributed by atoms with Crippen LogP contribution in [0, 0.1) is 0 Å². The molecule has 0 radical (unpaired) electrons. The monoisotopic (exact) mass is 406 g/mol. The standard InChI is InChI=1S/C20H33F3N2O3/c21-20(22,23)17-13-16(7-8-19(24,14-26)15-27)5-6-18(17)28-12-4-11-25-9-2-1-3-10-25/h5,13,18,26-27H,1-4,6-12,14-15,24H2. The van der Waals surface area contributed by atoms with Gasteiger partial charge in [-0.05, 0) is 57.7 Å². The molecule has 162 valence electrons. The van der Waals surface area contributed by atoms with Gasteiger partial charge in [0.1, 0.15) is 0 Å². The molecule has 1 unspecified atom stereocenters. The average molecular weight is 406 g/mol. The van der Waals surface area contributed by atoms with Gasteiger partial charge in [-0.25, -0.2) is 0 Å². The highest BCUT2D eigenvalue weighted by Crippen LogP contribution is 2.36. The molecule has 2 rings (SSSR count). The van der Waals surface area contributed by atoms with E-state index < -0.39 is 36.6 Å². The van der Waals surface area contributed by atoms with Crippen molar-refractivity contribution in [2.24, 2.45) is 5.73 Å². The second-order valence-corrected chi connectivity index (χ2v) is 7.91. The summed E-state index contributed by atoms with van der Waals surface area (Å²) in [6, 6.07) is 0. The van der Waals surface area contributed by atoms with Crippen molar-refractivity contribution in [2.75, 3.05) is 39.5 Å². The molecule has 1 fully saturated rings. The third-order valence-electron chi connectivity index (χ3n) is 5.54. The van der Waals surface area contributed by atoms with Gasteiger partial charge in [-0.3, -0.25) is 0 Å². The number of allylic oxidation sites excluding steroid dienone is 2. The van der Waals surface area contributed by atoms with Crippen LogP contribution in [0.4, 0.5) is 13.2 Å². The number of halogens is 3. The second-order valence-electron chi connectivity index (χ2n) is 7.91. The van der Waals surface area contributed by atoms with Gasteiger partial charge in [0, 0.05) is 13.2 Å². The summed E-state index contributed by atoms with van der Waals surface area (Å²) < 4.78 is 46.0. The lowest BCUT2D eigenvalue weighted by Crippen LogP contribution is -2.47. The van der Waals surface area contributed by atoms with Crippen LogP contribution in [-0.2, 0) is 4.74 Å². The number of nitrogens with zero attached hydrogens (tertiary/aromatic N) is 1. The van der Waals surface area contributed by atoms with E-state index >= 15 is 0 Å². The Labute approximate surface area is 165 Å².